The van der Waals surface area contributed by atoms with Gasteiger partial charge in [0, 0.05) is 24.5 Å². The molecule has 2 rings (SSSR count). The molecule has 0 aliphatic carbocycles. The molecule has 2 aromatic rings. The summed E-state index contributed by atoms with van der Waals surface area (Å²) >= 11 is 6.07. The fourth-order valence-electron chi connectivity index (χ4n) is 1.65. The third kappa shape index (κ3) is 3.62. The zero-order valence-corrected chi connectivity index (χ0v) is 10.6. The van der Waals surface area contributed by atoms with E-state index in [1.807, 2.05) is 31.2 Å². The third-order valence-corrected chi connectivity index (χ3v) is 3.10. The van der Waals surface area contributed by atoms with Crippen LogP contribution in [-0.2, 0) is 13.0 Å². The number of benzene rings is 1. The number of hydrogen-bond acceptors (Lipinski definition) is 2. The van der Waals surface area contributed by atoms with Gasteiger partial charge in [-0.05, 0) is 36.2 Å². The molecule has 1 aromatic heterocycles. The van der Waals surface area contributed by atoms with E-state index in [1.165, 1.54) is 5.56 Å². The summed E-state index contributed by atoms with van der Waals surface area (Å²) < 4.78 is 5.26. The first-order valence-electron chi connectivity index (χ1n) is 5.74. The molecule has 0 spiro atoms. The third-order valence-electron chi connectivity index (χ3n) is 2.69. The zero-order chi connectivity index (χ0) is 12.1. The number of furan rings is 1. The van der Waals surface area contributed by atoms with Crippen LogP contribution in [0.15, 0.2) is 41.0 Å². The van der Waals surface area contributed by atoms with Gasteiger partial charge in [0.15, 0.2) is 0 Å². The highest BCUT2D eigenvalue weighted by Gasteiger charge is 1.98. The van der Waals surface area contributed by atoms with Gasteiger partial charge >= 0.3 is 0 Å². The van der Waals surface area contributed by atoms with Crippen molar-refractivity contribution in [2.45, 2.75) is 19.9 Å². The Bertz CT molecular complexity index is 465. The first-order valence-corrected chi connectivity index (χ1v) is 6.11. The van der Waals surface area contributed by atoms with E-state index in [4.69, 9.17) is 16.0 Å². The summed E-state index contributed by atoms with van der Waals surface area (Å²) in [5.41, 5.74) is 2.33. The van der Waals surface area contributed by atoms with Gasteiger partial charge in [-0.1, -0.05) is 23.7 Å². The molecule has 1 heterocycles. The van der Waals surface area contributed by atoms with Crippen molar-refractivity contribution < 1.29 is 4.42 Å². The summed E-state index contributed by atoms with van der Waals surface area (Å²) in [5.74, 6) is 1.01. The molecule has 0 saturated carbocycles. The van der Waals surface area contributed by atoms with Gasteiger partial charge in [-0.15, -0.1) is 0 Å². The van der Waals surface area contributed by atoms with E-state index in [-0.39, 0.29) is 0 Å². The Morgan fingerprint density at radius 1 is 1.29 bits per heavy atom. The fraction of sp³-hybridized carbons (Fsp3) is 0.286. The van der Waals surface area contributed by atoms with Gasteiger partial charge in [0.2, 0.25) is 0 Å². The summed E-state index contributed by atoms with van der Waals surface area (Å²) in [6, 6.07) is 10.1. The van der Waals surface area contributed by atoms with Crippen LogP contribution in [0.5, 0.6) is 0 Å². The molecule has 0 saturated heterocycles. The standard InChI is InChI=1S/C14H16ClNO/c1-11-4-5-12(9-14(11)15)10-16-7-6-13-3-2-8-17-13/h2-5,8-9,16H,6-7,10H2,1H3. The van der Waals surface area contributed by atoms with E-state index in [9.17, 15) is 0 Å². The van der Waals surface area contributed by atoms with Crippen molar-refractivity contribution in [1.82, 2.24) is 5.32 Å². The second-order valence-corrected chi connectivity index (χ2v) is 4.50. The van der Waals surface area contributed by atoms with Crippen LogP contribution in [0.3, 0.4) is 0 Å². The van der Waals surface area contributed by atoms with Crippen molar-refractivity contribution in [3.05, 3.63) is 58.5 Å². The molecule has 0 unspecified atom stereocenters. The summed E-state index contributed by atoms with van der Waals surface area (Å²) in [6.45, 7) is 3.75. The van der Waals surface area contributed by atoms with Gasteiger partial charge in [-0.25, -0.2) is 0 Å². The molecule has 0 fully saturated rings. The van der Waals surface area contributed by atoms with E-state index in [2.05, 4.69) is 11.4 Å². The smallest absolute Gasteiger partial charge is 0.105 e. The molecule has 1 N–H and O–H groups in total. The Labute approximate surface area is 107 Å². The Morgan fingerprint density at radius 2 is 2.18 bits per heavy atom. The molecular weight excluding hydrogens is 234 g/mol. The first kappa shape index (κ1) is 12.2. The first-order chi connectivity index (χ1) is 8.25. The van der Waals surface area contributed by atoms with Crippen LogP contribution < -0.4 is 5.32 Å². The van der Waals surface area contributed by atoms with Crippen LogP contribution in [0.4, 0.5) is 0 Å². The van der Waals surface area contributed by atoms with Crippen LogP contribution in [0, 0.1) is 6.92 Å². The van der Waals surface area contributed by atoms with Gasteiger partial charge < -0.3 is 9.73 Å². The minimum absolute atomic E-state index is 0.829. The van der Waals surface area contributed by atoms with Crippen LogP contribution in [0.25, 0.3) is 0 Å². The Hall–Kier alpha value is -1.25. The number of hydrogen-bond donors (Lipinski definition) is 1. The lowest BCUT2D eigenvalue weighted by Gasteiger charge is -2.05. The molecule has 0 aliphatic rings. The van der Waals surface area contributed by atoms with Gasteiger partial charge in [-0.2, -0.15) is 0 Å². The SMILES string of the molecule is Cc1ccc(CNCCc2ccco2)cc1Cl. The lowest BCUT2D eigenvalue weighted by molar-refractivity contribution is 0.499. The summed E-state index contributed by atoms with van der Waals surface area (Å²) in [5, 5.41) is 4.20. The van der Waals surface area contributed by atoms with Crippen molar-refractivity contribution in [1.29, 1.82) is 0 Å². The van der Waals surface area contributed by atoms with Gasteiger partial charge in [0.25, 0.3) is 0 Å². The van der Waals surface area contributed by atoms with E-state index >= 15 is 0 Å². The van der Waals surface area contributed by atoms with E-state index in [0.29, 0.717) is 0 Å². The van der Waals surface area contributed by atoms with E-state index in [0.717, 1.165) is 35.9 Å². The van der Waals surface area contributed by atoms with Crippen molar-refractivity contribution >= 4 is 11.6 Å². The maximum Gasteiger partial charge on any atom is 0.105 e. The second-order valence-electron chi connectivity index (χ2n) is 4.09. The maximum absolute atomic E-state index is 6.07. The molecule has 0 amide bonds. The quantitative estimate of drug-likeness (QED) is 0.820. The van der Waals surface area contributed by atoms with E-state index < -0.39 is 0 Å². The minimum Gasteiger partial charge on any atom is -0.469 e. The summed E-state index contributed by atoms with van der Waals surface area (Å²) in [6.07, 6.45) is 2.61. The van der Waals surface area contributed by atoms with Gasteiger partial charge in [0.1, 0.15) is 5.76 Å². The zero-order valence-electron chi connectivity index (χ0n) is 9.87. The van der Waals surface area contributed by atoms with Crippen LogP contribution in [0.2, 0.25) is 5.02 Å². The van der Waals surface area contributed by atoms with Gasteiger partial charge in [-0.3, -0.25) is 0 Å². The predicted octanol–water partition coefficient (Wildman–Crippen LogP) is 3.57. The average Bonchev–Trinajstić information content (AvgIpc) is 2.82. The van der Waals surface area contributed by atoms with Crippen LogP contribution in [0.1, 0.15) is 16.9 Å². The highest BCUT2D eigenvalue weighted by Crippen LogP contribution is 2.16. The Balaban J connectivity index is 1.76. The number of halogens is 1. The molecule has 0 atom stereocenters. The average molecular weight is 250 g/mol. The lowest BCUT2D eigenvalue weighted by Crippen LogP contribution is -2.16. The molecule has 0 radical (unpaired) electrons. The van der Waals surface area contributed by atoms with Gasteiger partial charge in [0.05, 0.1) is 6.26 Å². The molecule has 2 nitrogen and oxygen atoms in total. The van der Waals surface area contributed by atoms with Crippen molar-refractivity contribution in [3.63, 3.8) is 0 Å². The van der Waals surface area contributed by atoms with Crippen LogP contribution in [-0.4, -0.2) is 6.54 Å². The van der Waals surface area contributed by atoms with Crippen LogP contribution >= 0.6 is 11.6 Å². The van der Waals surface area contributed by atoms with Crippen molar-refractivity contribution in [2.75, 3.05) is 6.54 Å². The molecule has 17 heavy (non-hydrogen) atoms. The fourth-order valence-corrected chi connectivity index (χ4v) is 1.85. The minimum atomic E-state index is 0.829. The second kappa shape index (κ2) is 5.89. The highest BCUT2D eigenvalue weighted by molar-refractivity contribution is 6.31. The topological polar surface area (TPSA) is 25.2 Å². The largest absolute Gasteiger partial charge is 0.469 e. The Kier molecular flexibility index (Phi) is 4.24. The molecular formula is C14H16ClNO. The Morgan fingerprint density at radius 3 is 2.88 bits per heavy atom. The molecule has 0 aliphatic heterocycles. The molecule has 0 bridgehead atoms. The number of nitrogens with one attached hydrogen (secondary N) is 1. The lowest BCUT2D eigenvalue weighted by atomic mass is 10.1. The monoisotopic (exact) mass is 249 g/mol. The highest BCUT2D eigenvalue weighted by atomic mass is 35.5. The number of rotatable bonds is 5. The van der Waals surface area contributed by atoms with Crippen molar-refractivity contribution in [2.24, 2.45) is 0 Å². The van der Waals surface area contributed by atoms with Crippen molar-refractivity contribution in [3.8, 4) is 0 Å². The predicted molar refractivity (Wildman–Crippen MR) is 70.3 cm³/mol. The normalized spacial score (nSPS) is 10.7. The van der Waals surface area contributed by atoms with E-state index in [1.54, 1.807) is 6.26 Å². The molecule has 3 heteroatoms. The maximum atomic E-state index is 6.07. The summed E-state index contributed by atoms with van der Waals surface area (Å²) in [7, 11) is 0. The summed E-state index contributed by atoms with van der Waals surface area (Å²) in [4.78, 5) is 0. The number of aryl methyl sites for hydroxylation is 1. The molecule has 1 aromatic carbocycles. The molecule has 90 valence electrons.